The normalized spacial score (nSPS) is 16.8. The second-order valence-corrected chi connectivity index (χ2v) is 9.14. The quantitative estimate of drug-likeness (QED) is 0.905. The van der Waals surface area contributed by atoms with Gasteiger partial charge in [-0.2, -0.15) is 0 Å². The van der Waals surface area contributed by atoms with Gasteiger partial charge in [-0.1, -0.05) is 12.1 Å². The summed E-state index contributed by atoms with van der Waals surface area (Å²) in [6, 6.07) is 7.27. The number of piperidine rings is 1. The number of sulfonamides is 1. The molecule has 0 spiro atoms. The first-order chi connectivity index (χ1) is 11.1. The zero-order valence-corrected chi connectivity index (χ0v) is 15.5. The van der Waals surface area contributed by atoms with Crippen LogP contribution in [0.4, 0.5) is 10.5 Å². The molecule has 1 saturated heterocycles. The number of hydrogen-bond acceptors (Lipinski definition) is 4. The van der Waals surface area contributed by atoms with E-state index in [0.717, 1.165) is 5.56 Å². The maximum atomic E-state index is 12.5. The van der Waals surface area contributed by atoms with Crippen LogP contribution in [0.1, 0.15) is 39.2 Å². The van der Waals surface area contributed by atoms with E-state index in [1.54, 1.807) is 17.0 Å². The number of nitrogens with one attached hydrogen (secondary N) is 1. The minimum atomic E-state index is -3.47. The van der Waals surface area contributed by atoms with E-state index in [9.17, 15) is 13.2 Å². The summed E-state index contributed by atoms with van der Waals surface area (Å²) in [4.78, 5) is 13.6. The third-order valence-corrected chi connectivity index (χ3v) is 5.68. The van der Waals surface area contributed by atoms with Gasteiger partial charge >= 0.3 is 6.09 Å². The number of amides is 1. The van der Waals surface area contributed by atoms with E-state index >= 15 is 0 Å². The number of nitrogens with zero attached hydrogens (tertiary/aromatic N) is 1. The van der Waals surface area contributed by atoms with E-state index in [-0.39, 0.29) is 6.09 Å². The van der Waals surface area contributed by atoms with Crippen molar-refractivity contribution < 1.29 is 17.9 Å². The van der Waals surface area contributed by atoms with Crippen LogP contribution in [-0.2, 0) is 14.8 Å². The molecule has 134 valence electrons. The molecule has 1 fully saturated rings. The predicted octanol–water partition coefficient (Wildman–Crippen LogP) is 3.14. The Hall–Kier alpha value is -1.76. The Balaban J connectivity index is 1.94. The molecule has 2 rings (SSSR count). The van der Waals surface area contributed by atoms with E-state index in [1.165, 1.54) is 0 Å². The van der Waals surface area contributed by atoms with Crippen molar-refractivity contribution in [3.8, 4) is 0 Å². The van der Waals surface area contributed by atoms with E-state index in [1.807, 2.05) is 39.8 Å². The maximum Gasteiger partial charge on any atom is 0.410 e. The number of benzene rings is 1. The summed E-state index contributed by atoms with van der Waals surface area (Å²) in [5, 5.41) is -0.503. The highest BCUT2D eigenvalue weighted by atomic mass is 32.2. The molecule has 0 saturated carbocycles. The van der Waals surface area contributed by atoms with Gasteiger partial charge in [0.05, 0.1) is 5.25 Å². The maximum absolute atomic E-state index is 12.5. The van der Waals surface area contributed by atoms with Gasteiger partial charge in [0.15, 0.2) is 0 Å². The van der Waals surface area contributed by atoms with Gasteiger partial charge in [0.1, 0.15) is 5.60 Å². The molecule has 1 aliphatic heterocycles. The lowest BCUT2D eigenvalue weighted by Gasteiger charge is -2.33. The van der Waals surface area contributed by atoms with Crippen LogP contribution in [0.25, 0.3) is 0 Å². The molecular formula is C17H26N2O4S. The fraction of sp³-hybridized carbons (Fsp3) is 0.588. The molecule has 6 nitrogen and oxygen atoms in total. The highest BCUT2D eigenvalue weighted by molar-refractivity contribution is 7.93. The third-order valence-electron chi connectivity index (χ3n) is 3.81. The van der Waals surface area contributed by atoms with E-state index in [2.05, 4.69) is 4.72 Å². The van der Waals surface area contributed by atoms with Crippen molar-refractivity contribution in [2.75, 3.05) is 17.8 Å². The summed E-state index contributed by atoms with van der Waals surface area (Å²) in [6.07, 6.45) is 0.422. The monoisotopic (exact) mass is 354 g/mol. The van der Waals surface area contributed by atoms with Crippen molar-refractivity contribution in [3.05, 3.63) is 29.8 Å². The van der Waals surface area contributed by atoms with Crippen molar-refractivity contribution in [1.82, 2.24) is 4.90 Å². The topological polar surface area (TPSA) is 75.7 Å². The minimum Gasteiger partial charge on any atom is -0.444 e. The lowest BCUT2D eigenvalue weighted by molar-refractivity contribution is 0.0217. The van der Waals surface area contributed by atoms with Gasteiger partial charge < -0.3 is 9.64 Å². The van der Waals surface area contributed by atoms with Crippen LogP contribution in [-0.4, -0.2) is 43.4 Å². The fourth-order valence-electron chi connectivity index (χ4n) is 2.63. The van der Waals surface area contributed by atoms with E-state index in [0.29, 0.717) is 31.6 Å². The van der Waals surface area contributed by atoms with Crippen LogP contribution in [0.5, 0.6) is 0 Å². The summed E-state index contributed by atoms with van der Waals surface area (Å²) in [6.45, 7) is 8.12. The summed E-state index contributed by atoms with van der Waals surface area (Å²) < 4.78 is 33.0. The van der Waals surface area contributed by atoms with Gasteiger partial charge in [-0.3, -0.25) is 4.72 Å². The molecule has 0 atom stereocenters. The van der Waals surface area contributed by atoms with Crippen LogP contribution >= 0.6 is 0 Å². The van der Waals surface area contributed by atoms with Gasteiger partial charge in [0.2, 0.25) is 10.0 Å². The molecule has 1 amide bonds. The van der Waals surface area contributed by atoms with Crippen LogP contribution < -0.4 is 4.72 Å². The molecule has 0 radical (unpaired) electrons. The Labute approximate surface area is 144 Å². The Kier molecular flexibility index (Phi) is 5.42. The standard InChI is InChI=1S/C17H26N2O4S/c1-13-6-5-7-14(12-13)18-24(21,22)15-8-10-19(11-9-15)16(20)23-17(2,3)4/h5-7,12,15,18H,8-11H2,1-4H3. The third kappa shape index (κ3) is 5.12. The SMILES string of the molecule is Cc1cccc(NS(=O)(=O)C2CCN(C(=O)OC(C)(C)C)CC2)c1. The molecule has 1 aromatic carbocycles. The van der Waals surface area contributed by atoms with Gasteiger partial charge in [0.25, 0.3) is 0 Å². The van der Waals surface area contributed by atoms with Crippen LogP contribution in [0.15, 0.2) is 24.3 Å². The first kappa shape index (κ1) is 18.6. The number of rotatable bonds is 3. The molecule has 0 unspecified atom stereocenters. The predicted molar refractivity (Wildman–Crippen MR) is 94.6 cm³/mol. The molecule has 1 N–H and O–H groups in total. The summed E-state index contributed by atoms with van der Waals surface area (Å²) in [5.41, 5.74) is 1.02. The van der Waals surface area contributed by atoms with Crippen molar-refractivity contribution in [1.29, 1.82) is 0 Å². The number of aryl methyl sites for hydroxylation is 1. The molecule has 24 heavy (non-hydrogen) atoms. The van der Waals surface area contributed by atoms with Crippen molar-refractivity contribution >= 4 is 21.8 Å². The number of hydrogen-bond donors (Lipinski definition) is 1. The summed E-state index contributed by atoms with van der Waals surface area (Å²) >= 11 is 0. The van der Waals surface area contributed by atoms with Gasteiger partial charge in [-0.05, 0) is 58.2 Å². The average Bonchev–Trinajstić information content (AvgIpc) is 2.45. The lowest BCUT2D eigenvalue weighted by Crippen LogP contribution is -2.45. The molecule has 1 aromatic rings. The van der Waals surface area contributed by atoms with E-state index < -0.39 is 20.9 Å². The molecule has 0 aromatic heterocycles. The van der Waals surface area contributed by atoms with Gasteiger partial charge in [-0.15, -0.1) is 0 Å². The van der Waals surface area contributed by atoms with Crippen LogP contribution in [0.2, 0.25) is 0 Å². The Morgan fingerprint density at radius 2 is 1.88 bits per heavy atom. The first-order valence-electron chi connectivity index (χ1n) is 8.13. The van der Waals surface area contributed by atoms with Crippen LogP contribution in [0, 0.1) is 6.92 Å². The van der Waals surface area contributed by atoms with Crippen LogP contribution in [0.3, 0.4) is 0 Å². The highest BCUT2D eigenvalue weighted by Crippen LogP contribution is 2.22. The Bertz CT molecular complexity index is 687. The minimum absolute atomic E-state index is 0.383. The van der Waals surface area contributed by atoms with Gasteiger partial charge in [-0.25, -0.2) is 13.2 Å². The average molecular weight is 354 g/mol. The first-order valence-corrected chi connectivity index (χ1v) is 9.68. The smallest absolute Gasteiger partial charge is 0.410 e. The Morgan fingerprint density at radius 3 is 2.42 bits per heavy atom. The van der Waals surface area contributed by atoms with Crippen molar-refractivity contribution in [2.24, 2.45) is 0 Å². The summed E-state index contributed by atoms with van der Waals surface area (Å²) in [7, 11) is -3.47. The van der Waals surface area contributed by atoms with Gasteiger partial charge in [0, 0.05) is 18.8 Å². The molecular weight excluding hydrogens is 328 g/mol. The zero-order valence-electron chi connectivity index (χ0n) is 14.7. The second-order valence-electron chi connectivity index (χ2n) is 7.18. The second kappa shape index (κ2) is 7.01. The largest absolute Gasteiger partial charge is 0.444 e. The molecule has 1 heterocycles. The Morgan fingerprint density at radius 1 is 1.25 bits per heavy atom. The van der Waals surface area contributed by atoms with E-state index in [4.69, 9.17) is 4.74 Å². The molecule has 0 aliphatic carbocycles. The highest BCUT2D eigenvalue weighted by Gasteiger charge is 2.33. The zero-order chi connectivity index (χ0) is 18.0. The molecule has 0 bridgehead atoms. The summed E-state index contributed by atoms with van der Waals surface area (Å²) in [5.74, 6) is 0. The number of ether oxygens (including phenoxy) is 1. The lowest BCUT2D eigenvalue weighted by atomic mass is 10.1. The molecule has 7 heteroatoms. The van der Waals surface area contributed by atoms with Crippen molar-refractivity contribution in [3.63, 3.8) is 0 Å². The molecule has 1 aliphatic rings. The number of likely N-dealkylation sites (tertiary alicyclic amines) is 1. The number of carbonyl (C=O) groups is 1. The number of anilines is 1. The fourth-order valence-corrected chi connectivity index (χ4v) is 4.08. The van der Waals surface area contributed by atoms with Crippen molar-refractivity contribution in [2.45, 2.75) is 51.4 Å². The number of carbonyl (C=O) groups excluding carboxylic acids is 1.